The van der Waals surface area contributed by atoms with Gasteiger partial charge in [0.1, 0.15) is 0 Å². The highest BCUT2D eigenvalue weighted by atomic mass is 35.5. The summed E-state index contributed by atoms with van der Waals surface area (Å²) < 4.78 is 22.4. The third kappa shape index (κ3) is 3.43. The van der Waals surface area contributed by atoms with Gasteiger partial charge in [-0.1, -0.05) is 0 Å². The Morgan fingerprint density at radius 2 is 2.29 bits per heavy atom. The Balaban J connectivity index is 0.00000144. The molecule has 5 nitrogen and oxygen atoms in total. The van der Waals surface area contributed by atoms with Gasteiger partial charge >= 0.3 is 7.60 Å². The number of hydrogen-bond acceptors (Lipinski definition) is 4. The first-order valence-electron chi connectivity index (χ1n) is 5.90. The van der Waals surface area contributed by atoms with Crippen molar-refractivity contribution in [3.05, 3.63) is 0 Å². The first kappa shape index (κ1) is 15.4. The summed E-state index contributed by atoms with van der Waals surface area (Å²) in [6.45, 7) is 4.91. The van der Waals surface area contributed by atoms with Gasteiger partial charge in [0.25, 0.3) is 0 Å². The van der Waals surface area contributed by atoms with E-state index in [9.17, 15) is 9.46 Å². The molecule has 0 saturated carbocycles. The van der Waals surface area contributed by atoms with Gasteiger partial charge in [0, 0.05) is 19.8 Å². The molecule has 0 aromatic heterocycles. The van der Waals surface area contributed by atoms with E-state index in [4.69, 9.17) is 9.26 Å². The molecule has 2 aliphatic rings. The van der Waals surface area contributed by atoms with Crippen molar-refractivity contribution in [1.82, 2.24) is 5.32 Å². The van der Waals surface area contributed by atoms with E-state index in [1.54, 1.807) is 6.92 Å². The first-order valence-corrected chi connectivity index (χ1v) is 7.55. The van der Waals surface area contributed by atoms with Crippen LogP contribution in [0.3, 0.4) is 0 Å². The van der Waals surface area contributed by atoms with Gasteiger partial charge in [0.15, 0.2) is 0 Å². The van der Waals surface area contributed by atoms with Crippen LogP contribution in [0, 0.1) is 11.8 Å². The van der Waals surface area contributed by atoms with Crippen LogP contribution in [0.25, 0.3) is 0 Å². The van der Waals surface area contributed by atoms with Crippen LogP contribution in [0.4, 0.5) is 0 Å². The van der Waals surface area contributed by atoms with Crippen molar-refractivity contribution >= 4 is 20.0 Å². The highest BCUT2D eigenvalue weighted by molar-refractivity contribution is 7.53. The normalized spacial score (nSPS) is 36.5. The fourth-order valence-corrected chi connectivity index (χ4v) is 4.45. The number of ether oxygens (including phenoxy) is 1. The summed E-state index contributed by atoms with van der Waals surface area (Å²) in [6, 6.07) is 0. The highest BCUT2D eigenvalue weighted by Gasteiger charge is 2.45. The van der Waals surface area contributed by atoms with E-state index < -0.39 is 7.60 Å². The van der Waals surface area contributed by atoms with Gasteiger partial charge in [0.2, 0.25) is 0 Å². The van der Waals surface area contributed by atoms with Crippen LogP contribution in [0.2, 0.25) is 0 Å². The van der Waals surface area contributed by atoms with Crippen LogP contribution >= 0.6 is 20.0 Å². The molecule has 0 aromatic carbocycles. The average Bonchev–Trinajstić information content (AvgIpc) is 2.88. The van der Waals surface area contributed by atoms with Gasteiger partial charge in [-0.2, -0.15) is 0 Å². The van der Waals surface area contributed by atoms with E-state index >= 15 is 0 Å². The Morgan fingerprint density at radius 1 is 1.53 bits per heavy atom. The zero-order chi connectivity index (χ0) is 11.6. The molecule has 0 amide bonds. The molecule has 102 valence electrons. The van der Waals surface area contributed by atoms with Crippen LogP contribution < -0.4 is 5.32 Å². The zero-order valence-electron chi connectivity index (χ0n) is 10.0. The molecular formula is C10H21ClNO4P. The van der Waals surface area contributed by atoms with Gasteiger partial charge in [-0.05, 0) is 31.7 Å². The van der Waals surface area contributed by atoms with E-state index in [2.05, 4.69) is 5.32 Å². The van der Waals surface area contributed by atoms with Crippen LogP contribution in [-0.2, 0) is 13.8 Å². The van der Waals surface area contributed by atoms with Crippen molar-refractivity contribution < 1.29 is 18.7 Å². The lowest BCUT2D eigenvalue weighted by molar-refractivity contribution is 0.172. The maximum absolute atomic E-state index is 12.0. The van der Waals surface area contributed by atoms with Crippen molar-refractivity contribution in [2.75, 3.05) is 32.9 Å². The maximum Gasteiger partial charge on any atom is 0.332 e. The second kappa shape index (κ2) is 6.50. The molecule has 17 heavy (non-hydrogen) atoms. The molecule has 2 rings (SSSR count). The highest BCUT2D eigenvalue weighted by Crippen LogP contribution is 2.53. The summed E-state index contributed by atoms with van der Waals surface area (Å²) in [5.41, 5.74) is -0.265. The molecule has 0 aliphatic carbocycles. The van der Waals surface area contributed by atoms with Crippen molar-refractivity contribution in [2.45, 2.75) is 19.0 Å². The third-order valence-electron chi connectivity index (χ3n) is 3.53. The standard InChI is InChI=1S/C10H20NO4P.ClH/c1-2-15-16(12,13)10-6-11-5-9(10)8-3-4-14-7-8;/h8-11H,2-7H2,1H3,(H,12,13);1H. The Bertz CT molecular complexity index is 285. The molecule has 2 fully saturated rings. The minimum absolute atomic E-state index is 0. The Morgan fingerprint density at radius 3 is 2.88 bits per heavy atom. The van der Waals surface area contributed by atoms with Crippen LogP contribution in [-0.4, -0.2) is 43.5 Å². The Hall–Kier alpha value is 0.360. The minimum atomic E-state index is -3.47. The van der Waals surface area contributed by atoms with Gasteiger partial charge < -0.3 is 19.5 Å². The lowest BCUT2D eigenvalue weighted by Crippen LogP contribution is -2.27. The second-order valence-electron chi connectivity index (χ2n) is 4.50. The maximum atomic E-state index is 12.0. The smallest absolute Gasteiger partial charge is 0.332 e. The average molecular weight is 286 g/mol. The number of halogens is 1. The lowest BCUT2D eigenvalue weighted by Gasteiger charge is -2.26. The molecule has 0 radical (unpaired) electrons. The number of rotatable bonds is 4. The van der Waals surface area contributed by atoms with Crippen molar-refractivity contribution in [3.63, 3.8) is 0 Å². The molecular weight excluding hydrogens is 265 g/mol. The third-order valence-corrected chi connectivity index (χ3v) is 5.56. The summed E-state index contributed by atoms with van der Waals surface area (Å²) in [4.78, 5) is 9.90. The summed E-state index contributed by atoms with van der Waals surface area (Å²) in [5, 5.41) is 3.20. The monoisotopic (exact) mass is 285 g/mol. The van der Waals surface area contributed by atoms with E-state index in [-0.39, 0.29) is 30.6 Å². The molecule has 4 atom stereocenters. The Labute approximate surface area is 108 Å². The quantitative estimate of drug-likeness (QED) is 0.761. The predicted octanol–water partition coefficient (Wildman–Crippen LogP) is 1.25. The zero-order valence-corrected chi connectivity index (χ0v) is 11.7. The topological polar surface area (TPSA) is 67.8 Å². The molecule has 2 saturated heterocycles. The fourth-order valence-electron chi connectivity index (χ4n) is 2.69. The number of hydrogen-bond donors (Lipinski definition) is 2. The molecule has 0 spiro atoms. The first-order chi connectivity index (χ1) is 7.65. The van der Waals surface area contributed by atoms with Gasteiger partial charge in [-0.15, -0.1) is 12.4 Å². The van der Waals surface area contributed by atoms with Crippen LogP contribution in [0.1, 0.15) is 13.3 Å². The molecule has 0 aromatic rings. The molecule has 2 aliphatic heterocycles. The van der Waals surface area contributed by atoms with Gasteiger partial charge in [-0.3, -0.25) is 4.57 Å². The fraction of sp³-hybridized carbons (Fsp3) is 1.00. The summed E-state index contributed by atoms with van der Waals surface area (Å²) >= 11 is 0. The molecule has 2 heterocycles. The molecule has 7 heteroatoms. The summed E-state index contributed by atoms with van der Waals surface area (Å²) in [6.07, 6.45) is 0.995. The van der Waals surface area contributed by atoms with E-state index in [0.29, 0.717) is 12.5 Å². The van der Waals surface area contributed by atoms with Gasteiger partial charge in [0.05, 0.1) is 12.3 Å². The second-order valence-corrected chi connectivity index (χ2v) is 6.54. The van der Waals surface area contributed by atoms with Crippen molar-refractivity contribution in [1.29, 1.82) is 0 Å². The molecule has 4 unspecified atom stereocenters. The Kier molecular flexibility index (Phi) is 5.90. The van der Waals surface area contributed by atoms with E-state index in [1.807, 2.05) is 0 Å². The summed E-state index contributed by atoms with van der Waals surface area (Å²) in [5.74, 6) is 0.616. The predicted molar refractivity (Wildman–Crippen MR) is 67.8 cm³/mol. The summed E-state index contributed by atoms with van der Waals surface area (Å²) in [7, 11) is -3.47. The number of nitrogens with one attached hydrogen (secondary N) is 1. The SMILES string of the molecule is CCOP(=O)(O)C1CNCC1C1CCOC1.Cl. The largest absolute Gasteiger partial charge is 0.381 e. The van der Waals surface area contributed by atoms with E-state index in [1.165, 1.54) is 0 Å². The van der Waals surface area contributed by atoms with Gasteiger partial charge in [-0.25, -0.2) is 0 Å². The van der Waals surface area contributed by atoms with Crippen LogP contribution in [0.15, 0.2) is 0 Å². The lowest BCUT2D eigenvalue weighted by atomic mass is 9.91. The molecule has 2 N–H and O–H groups in total. The van der Waals surface area contributed by atoms with Crippen molar-refractivity contribution in [3.8, 4) is 0 Å². The van der Waals surface area contributed by atoms with Crippen LogP contribution in [0.5, 0.6) is 0 Å². The molecule has 0 bridgehead atoms. The van der Waals surface area contributed by atoms with E-state index in [0.717, 1.165) is 26.2 Å². The van der Waals surface area contributed by atoms with Crippen molar-refractivity contribution in [2.24, 2.45) is 11.8 Å². The minimum Gasteiger partial charge on any atom is -0.381 e.